The zero-order valence-corrected chi connectivity index (χ0v) is 11.7. The summed E-state index contributed by atoms with van der Waals surface area (Å²) in [6.45, 7) is 0. The number of rotatable bonds is 2. The Hall–Kier alpha value is -2.28. The van der Waals surface area contributed by atoms with Gasteiger partial charge in [-0.15, -0.1) is 0 Å². The molecule has 0 aliphatic carbocycles. The van der Waals surface area contributed by atoms with Crippen molar-refractivity contribution >= 4 is 29.3 Å². The number of thioether (sulfide) groups is 1. The Balaban J connectivity index is 1.90. The number of benzene rings is 2. The van der Waals surface area contributed by atoms with E-state index in [0.29, 0.717) is 11.1 Å². The minimum absolute atomic E-state index is 0.00661. The number of hydrogen-bond acceptors (Lipinski definition) is 3. The third kappa shape index (κ3) is 2.59. The molecule has 0 fully saturated rings. The number of hydrogen-bond donors (Lipinski definition) is 0. The normalized spacial score (nSPS) is 14.4. The van der Waals surface area contributed by atoms with Crippen LogP contribution in [0.3, 0.4) is 0 Å². The maximum atomic E-state index is 12.3. The van der Waals surface area contributed by atoms with Gasteiger partial charge < -0.3 is 0 Å². The molecule has 0 bridgehead atoms. The predicted octanol–water partition coefficient (Wildman–Crippen LogP) is 4.10. The highest BCUT2D eigenvalue weighted by molar-refractivity contribution is 8.00. The van der Waals surface area contributed by atoms with Crippen LogP contribution in [0.1, 0.15) is 20.7 Å². The average molecular weight is 323 g/mol. The fourth-order valence-electron chi connectivity index (χ4n) is 2.22. The van der Waals surface area contributed by atoms with E-state index in [2.05, 4.69) is 0 Å². The Bertz CT molecular complexity index is 721. The van der Waals surface area contributed by atoms with E-state index in [-0.39, 0.29) is 22.3 Å². The van der Waals surface area contributed by atoms with Crippen molar-refractivity contribution in [3.8, 4) is 0 Å². The van der Waals surface area contributed by atoms with Gasteiger partial charge in [0.15, 0.2) is 0 Å². The van der Waals surface area contributed by atoms with Crippen molar-refractivity contribution in [2.45, 2.75) is 10.4 Å². The van der Waals surface area contributed by atoms with Gasteiger partial charge in [-0.25, -0.2) is 4.90 Å². The van der Waals surface area contributed by atoms with Gasteiger partial charge in [-0.3, -0.25) is 9.59 Å². The molecule has 0 N–H and O–H groups in total. The SMILES string of the molecule is O=C1c2ccccc2C(=O)N1c1ccc(SC(F)(F)F)cc1. The van der Waals surface area contributed by atoms with Gasteiger partial charge in [-0.1, -0.05) is 12.1 Å². The molecule has 1 heterocycles. The standard InChI is InChI=1S/C15H8F3NO2S/c16-15(17,18)22-10-7-5-9(6-8-10)19-13(20)11-3-1-2-4-12(11)14(19)21/h1-8H. The molecule has 1 aliphatic heterocycles. The summed E-state index contributed by atoms with van der Waals surface area (Å²) < 4.78 is 36.9. The highest BCUT2D eigenvalue weighted by Gasteiger charge is 2.36. The van der Waals surface area contributed by atoms with Crippen LogP contribution >= 0.6 is 11.8 Å². The molecule has 0 aromatic heterocycles. The van der Waals surface area contributed by atoms with Crippen molar-refractivity contribution in [2.24, 2.45) is 0 Å². The first-order valence-electron chi connectivity index (χ1n) is 6.20. The summed E-state index contributed by atoms with van der Waals surface area (Å²) in [6.07, 6.45) is 0. The van der Waals surface area contributed by atoms with Crippen LogP contribution in [0.15, 0.2) is 53.4 Å². The van der Waals surface area contributed by atoms with Crippen molar-refractivity contribution in [3.63, 3.8) is 0 Å². The van der Waals surface area contributed by atoms with Crippen LogP contribution in [0.4, 0.5) is 18.9 Å². The van der Waals surface area contributed by atoms with E-state index in [0.717, 1.165) is 4.90 Å². The molecule has 0 spiro atoms. The second kappa shape index (κ2) is 5.17. The van der Waals surface area contributed by atoms with E-state index in [1.807, 2.05) is 0 Å². The largest absolute Gasteiger partial charge is 0.446 e. The number of alkyl halides is 3. The van der Waals surface area contributed by atoms with Crippen molar-refractivity contribution in [1.29, 1.82) is 0 Å². The van der Waals surface area contributed by atoms with Crippen LogP contribution in [0.25, 0.3) is 0 Å². The monoisotopic (exact) mass is 323 g/mol. The molecule has 2 aromatic rings. The summed E-state index contributed by atoms with van der Waals surface area (Å²) in [5, 5.41) is 0. The smallest absolute Gasteiger partial charge is 0.268 e. The molecule has 0 saturated heterocycles. The van der Waals surface area contributed by atoms with Crippen LogP contribution < -0.4 is 4.90 Å². The highest BCUT2D eigenvalue weighted by Crippen LogP contribution is 2.38. The first-order chi connectivity index (χ1) is 10.4. The number of fused-ring (bicyclic) bond motifs is 1. The van der Waals surface area contributed by atoms with E-state index >= 15 is 0 Å². The van der Waals surface area contributed by atoms with E-state index < -0.39 is 17.3 Å². The maximum Gasteiger partial charge on any atom is 0.446 e. The third-order valence-corrected chi connectivity index (χ3v) is 3.86. The quantitative estimate of drug-likeness (QED) is 0.617. The van der Waals surface area contributed by atoms with Crippen molar-refractivity contribution in [2.75, 3.05) is 4.90 Å². The number of imide groups is 1. The van der Waals surface area contributed by atoms with Crippen LogP contribution in [0.2, 0.25) is 0 Å². The van der Waals surface area contributed by atoms with Crippen LogP contribution in [-0.4, -0.2) is 17.3 Å². The zero-order valence-electron chi connectivity index (χ0n) is 10.9. The lowest BCUT2D eigenvalue weighted by Crippen LogP contribution is -2.29. The minimum atomic E-state index is -4.38. The van der Waals surface area contributed by atoms with E-state index in [1.165, 1.54) is 24.3 Å². The molecule has 3 nitrogen and oxygen atoms in total. The summed E-state index contributed by atoms with van der Waals surface area (Å²) in [5.74, 6) is -0.950. The van der Waals surface area contributed by atoms with Gasteiger partial charge in [-0.2, -0.15) is 13.2 Å². The second-order valence-corrected chi connectivity index (χ2v) is 5.67. The van der Waals surface area contributed by atoms with E-state index in [9.17, 15) is 22.8 Å². The zero-order chi connectivity index (χ0) is 15.9. The van der Waals surface area contributed by atoms with Gasteiger partial charge >= 0.3 is 5.51 Å². The van der Waals surface area contributed by atoms with Crippen molar-refractivity contribution in [1.82, 2.24) is 0 Å². The first-order valence-corrected chi connectivity index (χ1v) is 7.02. The number of carbonyl (C=O) groups is 2. The van der Waals surface area contributed by atoms with Gasteiger partial charge in [0.1, 0.15) is 0 Å². The molecular formula is C15H8F3NO2S. The maximum absolute atomic E-state index is 12.3. The molecule has 0 saturated carbocycles. The molecule has 3 rings (SSSR count). The van der Waals surface area contributed by atoms with E-state index in [4.69, 9.17) is 0 Å². The number of anilines is 1. The molecule has 0 atom stereocenters. The average Bonchev–Trinajstić information content (AvgIpc) is 2.71. The van der Waals surface area contributed by atoms with Crippen LogP contribution in [0, 0.1) is 0 Å². The molecule has 2 aromatic carbocycles. The van der Waals surface area contributed by atoms with Gasteiger partial charge in [0.25, 0.3) is 11.8 Å². The Kier molecular flexibility index (Phi) is 3.44. The molecular weight excluding hydrogens is 315 g/mol. The Morgan fingerprint density at radius 3 is 1.77 bits per heavy atom. The number of amides is 2. The molecule has 1 aliphatic rings. The summed E-state index contributed by atoms with van der Waals surface area (Å²) in [4.78, 5) is 25.4. The molecule has 112 valence electrons. The lowest BCUT2D eigenvalue weighted by Gasteiger charge is -2.14. The minimum Gasteiger partial charge on any atom is -0.268 e. The third-order valence-electron chi connectivity index (χ3n) is 3.12. The first kappa shape index (κ1) is 14.6. The van der Waals surface area contributed by atoms with Crippen LogP contribution in [-0.2, 0) is 0 Å². The van der Waals surface area contributed by atoms with Gasteiger partial charge in [0, 0.05) is 4.90 Å². The Morgan fingerprint density at radius 2 is 1.32 bits per heavy atom. The van der Waals surface area contributed by atoms with Crippen molar-refractivity contribution < 1.29 is 22.8 Å². The lowest BCUT2D eigenvalue weighted by atomic mass is 10.1. The predicted molar refractivity (Wildman–Crippen MR) is 75.9 cm³/mol. The van der Waals surface area contributed by atoms with Crippen LogP contribution in [0.5, 0.6) is 0 Å². The second-order valence-electron chi connectivity index (χ2n) is 4.53. The molecule has 0 unspecified atom stereocenters. The summed E-state index contributed by atoms with van der Waals surface area (Å²) in [6, 6.07) is 11.5. The Labute approximate surface area is 127 Å². The fourth-order valence-corrected chi connectivity index (χ4v) is 2.76. The fraction of sp³-hybridized carbons (Fsp3) is 0.0667. The summed E-state index contributed by atoms with van der Waals surface area (Å²) in [5.41, 5.74) is -3.54. The molecule has 7 heteroatoms. The van der Waals surface area contributed by atoms with Gasteiger partial charge in [0.05, 0.1) is 16.8 Å². The van der Waals surface area contributed by atoms with Gasteiger partial charge in [-0.05, 0) is 48.2 Å². The Morgan fingerprint density at radius 1 is 0.818 bits per heavy atom. The van der Waals surface area contributed by atoms with Crippen molar-refractivity contribution in [3.05, 3.63) is 59.7 Å². The van der Waals surface area contributed by atoms with E-state index in [1.54, 1.807) is 24.3 Å². The number of halogens is 3. The van der Waals surface area contributed by atoms with Gasteiger partial charge in [0.2, 0.25) is 0 Å². The lowest BCUT2D eigenvalue weighted by molar-refractivity contribution is -0.0328. The molecule has 0 radical (unpaired) electrons. The summed E-state index contributed by atoms with van der Waals surface area (Å²) in [7, 11) is 0. The summed E-state index contributed by atoms with van der Waals surface area (Å²) >= 11 is -0.247. The molecule has 2 amide bonds. The molecule has 22 heavy (non-hydrogen) atoms. The number of carbonyl (C=O) groups excluding carboxylic acids is 2. The topological polar surface area (TPSA) is 37.4 Å². The highest BCUT2D eigenvalue weighted by atomic mass is 32.2. The number of nitrogens with zero attached hydrogens (tertiary/aromatic N) is 1.